The maximum Gasteiger partial charge on any atom is 0.391 e. The molecule has 0 aromatic heterocycles. The molecule has 1 nitrogen and oxygen atoms in total. The van der Waals surface area contributed by atoms with E-state index in [4.69, 9.17) is 23.2 Å². The lowest BCUT2D eigenvalue weighted by atomic mass is 9.77. The highest BCUT2D eigenvalue weighted by atomic mass is 35.5. The maximum atomic E-state index is 12.8. The van der Waals surface area contributed by atoms with Gasteiger partial charge in [-0.05, 0) is 49.3 Å². The molecule has 1 saturated carbocycles. The average Bonchev–Trinajstić information content (AvgIpc) is 2.42. The van der Waals surface area contributed by atoms with Crippen LogP contribution in [0.3, 0.4) is 0 Å². The van der Waals surface area contributed by atoms with E-state index >= 15 is 0 Å². The Bertz CT molecular complexity index is 490. The number of hydrogen-bond donors (Lipinski definition) is 1. The van der Waals surface area contributed by atoms with Crippen molar-refractivity contribution in [2.45, 2.75) is 44.4 Å². The number of hydrogen-bond acceptors (Lipinski definition) is 1. The molecule has 0 bridgehead atoms. The van der Waals surface area contributed by atoms with E-state index in [1.165, 1.54) is 0 Å². The zero-order valence-electron chi connectivity index (χ0n) is 11.3. The van der Waals surface area contributed by atoms with Crippen molar-refractivity contribution in [1.29, 1.82) is 0 Å². The summed E-state index contributed by atoms with van der Waals surface area (Å²) in [6.45, 7) is 0. The molecule has 1 aliphatic rings. The van der Waals surface area contributed by atoms with Crippen LogP contribution in [0.15, 0.2) is 18.2 Å². The Morgan fingerprint density at radius 3 is 2.52 bits per heavy atom. The van der Waals surface area contributed by atoms with Crippen molar-refractivity contribution in [3.63, 3.8) is 0 Å². The fourth-order valence-corrected chi connectivity index (χ4v) is 3.27. The van der Waals surface area contributed by atoms with E-state index in [2.05, 4.69) is 0 Å². The summed E-state index contributed by atoms with van der Waals surface area (Å²) in [5, 5.41) is 11.0. The fraction of sp³-hybridized carbons (Fsp3) is 0.600. The van der Waals surface area contributed by atoms with Gasteiger partial charge in [0.05, 0.1) is 22.1 Å². The summed E-state index contributed by atoms with van der Waals surface area (Å²) < 4.78 is 38.4. The second-order valence-corrected chi connectivity index (χ2v) is 6.50. The van der Waals surface area contributed by atoms with Gasteiger partial charge >= 0.3 is 6.18 Å². The lowest BCUT2D eigenvalue weighted by Gasteiger charge is -2.33. The predicted molar refractivity (Wildman–Crippen MR) is 77.7 cm³/mol. The van der Waals surface area contributed by atoms with Crippen molar-refractivity contribution < 1.29 is 18.3 Å². The molecule has 3 unspecified atom stereocenters. The minimum absolute atomic E-state index is 0.00594. The summed E-state index contributed by atoms with van der Waals surface area (Å²) in [6.07, 6.45) is -3.34. The molecule has 0 amide bonds. The van der Waals surface area contributed by atoms with Crippen LogP contribution in [-0.2, 0) is 6.42 Å². The topological polar surface area (TPSA) is 20.2 Å². The van der Waals surface area contributed by atoms with Crippen LogP contribution < -0.4 is 0 Å². The summed E-state index contributed by atoms with van der Waals surface area (Å²) in [5.41, 5.74) is 0.783. The molecule has 118 valence electrons. The standard InChI is InChI=1S/C15H17Cl2F3O/c16-12-5-4-9(6-13(12)17)7-14(21)10-2-1-3-11(8-10)15(18,19)20/h4-6,10-11,14,21H,1-3,7-8H2. The van der Waals surface area contributed by atoms with Crippen LogP contribution >= 0.6 is 23.2 Å². The lowest BCUT2D eigenvalue weighted by molar-refractivity contribution is -0.188. The highest BCUT2D eigenvalue weighted by molar-refractivity contribution is 6.42. The van der Waals surface area contributed by atoms with Gasteiger partial charge in [0.1, 0.15) is 0 Å². The molecule has 1 aromatic carbocycles. The number of aliphatic hydroxyl groups is 1. The molecular formula is C15H17Cl2F3O. The predicted octanol–water partition coefficient (Wildman–Crippen LogP) is 5.27. The number of rotatable bonds is 3. The number of alkyl halides is 3. The molecule has 0 aliphatic heterocycles. The molecule has 1 aliphatic carbocycles. The summed E-state index contributed by atoms with van der Waals surface area (Å²) in [7, 11) is 0. The van der Waals surface area contributed by atoms with E-state index < -0.39 is 18.2 Å². The van der Waals surface area contributed by atoms with E-state index in [-0.39, 0.29) is 18.8 Å². The van der Waals surface area contributed by atoms with Crippen molar-refractivity contribution >= 4 is 23.2 Å². The van der Waals surface area contributed by atoms with Crippen molar-refractivity contribution in [3.8, 4) is 0 Å². The second-order valence-electron chi connectivity index (χ2n) is 5.69. The van der Waals surface area contributed by atoms with Gasteiger partial charge in [-0.1, -0.05) is 35.7 Å². The van der Waals surface area contributed by atoms with E-state index in [1.807, 2.05) is 0 Å². The summed E-state index contributed by atoms with van der Waals surface area (Å²) >= 11 is 11.7. The molecule has 2 rings (SSSR count). The Hall–Kier alpha value is -0.450. The zero-order chi connectivity index (χ0) is 15.6. The first kappa shape index (κ1) is 16.9. The molecule has 0 spiro atoms. The number of aliphatic hydroxyl groups excluding tert-OH is 1. The van der Waals surface area contributed by atoms with Gasteiger partial charge in [-0.15, -0.1) is 0 Å². The quantitative estimate of drug-likeness (QED) is 0.795. The first-order valence-corrected chi connectivity index (χ1v) is 7.71. The lowest BCUT2D eigenvalue weighted by Crippen LogP contribution is -2.34. The largest absolute Gasteiger partial charge is 0.392 e. The van der Waals surface area contributed by atoms with E-state index in [0.717, 1.165) is 5.56 Å². The Balaban J connectivity index is 1.99. The van der Waals surface area contributed by atoms with Crippen LogP contribution in [0.4, 0.5) is 13.2 Å². The minimum atomic E-state index is -4.16. The van der Waals surface area contributed by atoms with Crippen molar-refractivity contribution in [2.24, 2.45) is 11.8 Å². The maximum absolute atomic E-state index is 12.8. The van der Waals surface area contributed by atoms with E-state index in [1.54, 1.807) is 18.2 Å². The van der Waals surface area contributed by atoms with Gasteiger partial charge in [0.25, 0.3) is 0 Å². The van der Waals surface area contributed by atoms with Crippen LogP contribution in [0, 0.1) is 11.8 Å². The van der Waals surface area contributed by atoms with Crippen molar-refractivity contribution in [2.75, 3.05) is 0 Å². The summed E-state index contributed by atoms with van der Waals surface area (Å²) in [4.78, 5) is 0. The first-order valence-electron chi connectivity index (χ1n) is 6.96. The zero-order valence-corrected chi connectivity index (χ0v) is 12.8. The highest BCUT2D eigenvalue weighted by Crippen LogP contribution is 2.41. The van der Waals surface area contributed by atoms with Gasteiger partial charge in [-0.3, -0.25) is 0 Å². The van der Waals surface area contributed by atoms with Crippen LogP contribution in [0.2, 0.25) is 10.0 Å². The monoisotopic (exact) mass is 340 g/mol. The Kier molecular flexibility index (Phi) is 5.44. The van der Waals surface area contributed by atoms with Crippen LogP contribution in [0.25, 0.3) is 0 Å². The Morgan fingerprint density at radius 2 is 1.90 bits per heavy atom. The molecule has 3 atom stereocenters. The van der Waals surface area contributed by atoms with E-state index in [0.29, 0.717) is 29.3 Å². The third kappa shape index (κ3) is 4.51. The van der Waals surface area contributed by atoms with Crippen molar-refractivity contribution in [1.82, 2.24) is 0 Å². The third-order valence-electron chi connectivity index (χ3n) is 4.15. The third-order valence-corrected chi connectivity index (χ3v) is 4.89. The molecule has 21 heavy (non-hydrogen) atoms. The normalized spacial score (nSPS) is 24.9. The highest BCUT2D eigenvalue weighted by Gasteiger charge is 2.43. The summed E-state index contributed by atoms with van der Waals surface area (Å²) in [5.74, 6) is -1.61. The SMILES string of the molecule is OC(Cc1ccc(Cl)c(Cl)c1)C1CCCC(C(F)(F)F)C1. The molecule has 1 N–H and O–H groups in total. The van der Waals surface area contributed by atoms with Crippen LogP contribution in [0.5, 0.6) is 0 Å². The smallest absolute Gasteiger partial charge is 0.391 e. The van der Waals surface area contributed by atoms with E-state index in [9.17, 15) is 18.3 Å². The van der Waals surface area contributed by atoms with Gasteiger partial charge in [0.15, 0.2) is 0 Å². The van der Waals surface area contributed by atoms with Gasteiger partial charge in [-0.25, -0.2) is 0 Å². The van der Waals surface area contributed by atoms with Gasteiger partial charge in [-0.2, -0.15) is 13.2 Å². The minimum Gasteiger partial charge on any atom is -0.392 e. The molecule has 1 aromatic rings. The van der Waals surface area contributed by atoms with Gasteiger partial charge < -0.3 is 5.11 Å². The molecule has 1 fully saturated rings. The van der Waals surface area contributed by atoms with Gasteiger partial charge in [0.2, 0.25) is 0 Å². The van der Waals surface area contributed by atoms with Crippen LogP contribution in [0.1, 0.15) is 31.2 Å². The molecule has 0 radical (unpaired) electrons. The second kappa shape index (κ2) is 6.76. The number of benzene rings is 1. The molecule has 0 saturated heterocycles. The first-order chi connectivity index (χ1) is 9.77. The summed E-state index contributed by atoms with van der Waals surface area (Å²) in [6, 6.07) is 5.02. The van der Waals surface area contributed by atoms with Crippen molar-refractivity contribution in [3.05, 3.63) is 33.8 Å². The Morgan fingerprint density at radius 1 is 1.19 bits per heavy atom. The fourth-order valence-electron chi connectivity index (χ4n) is 2.95. The van der Waals surface area contributed by atoms with Crippen LogP contribution in [-0.4, -0.2) is 17.4 Å². The number of halogens is 5. The average molecular weight is 341 g/mol. The van der Waals surface area contributed by atoms with Gasteiger partial charge in [0, 0.05) is 0 Å². The Labute approximate surface area is 132 Å². The molecular weight excluding hydrogens is 324 g/mol. The molecule has 6 heteroatoms. The molecule has 0 heterocycles.